The van der Waals surface area contributed by atoms with E-state index in [2.05, 4.69) is 0 Å². The molecule has 0 atom stereocenters. The fourth-order valence-corrected chi connectivity index (χ4v) is 1.16. The van der Waals surface area contributed by atoms with E-state index < -0.39 is 0 Å². The molecule has 0 radical (unpaired) electrons. The van der Waals surface area contributed by atoms with E-state index in [1.807, 2.05) is 0 Å². The van der Waals surface area contributed by atoms with Crippen molar-refractivity contribution in [2.45, 2.75) is 12.8 Å². The zero-order chi connectivity index (χ0) is 6.91. The van der Waals surface area contributed by atoms with Gasteiger partial charge in [-0.3, -0.25) is 4.79 Å². The second-order valence-corrected chi connectivity index (χ2v) is 2.80. The zero-order valence-corrected chi connectivity index (χ0v) is 7.84. The van der Waals surface area contributed by atoms with Gasteiger partial charge in [0.15, 0.2) is 0 Å². The summed E-state index contributed by atoms with van der Waals surface area (Å²) in [6, 6.07) is 0. The summed E-state index contributed by atoms with van der Waals surface area (Å²) in [5.74, 6) is 0.297. The van der Waals surface area contributed by atoms with Gasteiger partial charge < -0.3 is 11.5 Å². The van der Waals surface area contributed by atoms with Gasteiger partial charge in [-0.2, -0.15) is 0 Å². The van der Waals surface area contributed by atoms with E-state index in [4.69, 9.17) is 11.5 Å². The van der Waals surface area contributed by atoms with Crippen molar-refractivity contribution in [1.82, 2.24) is 0 Å². The van der Waals surface area contributed by atoms with Gasteiger partial charge in [0.2, 0.25) is 0 Å². The van der Waals surface area contributed by atoms with Crippen LogP contribution < -0.4 is 11.5 Å². The Morgan fingerprint density at radius 3 is 1.64 bits per heavy atom. The van der Waals surface area contributed by atoms with Crippen LogP contribution in [-0.2, 0) is 4.79 Å². The highest BCUT2D eigenvalue weighted by Gasteiger charge is 2.40. The van der Waals surface area contributed by atoms with Crippen LogP contribution in [0.15, 0.2) is 0 Å². The maximum absolute atomic E-state index is 10.5. The minimum absolute atomic E-state index is 0. The SMILES string of the molecule is Cl.Cl.NCC1(CN)CC(=O)C1. The molecule has 0 aromatic heterocycles. The largest absolute Gasteiger partial charge is 0.330 e. The lowest BCUT2D eigenvalue weighted by atomic mass is 9.68. The standard InChI is InChI=1S/C6H12N2O.2ClH/c7-3-6(4-8)1-5(9)2-6;;/h1-4,7-8H2;2*1H. The highest BCUT2D eigenvalue weighted by molar-refractivity contribution is 5.86. The average molecular weight is 201 g/mol. The molecule has 0 aromatic rings. The van der Waals surface area contributed by atoms with Gasteiger partial charge >= 0.3 is 0 Å². The van der Waals surface area contributed by atoms with E-state index in [1.165, 1.54) is 0 Å². The lowest BCUT2D eigenvalue weighted by Crippen LogP contribution is -2.48. The maximum atomic E-state index is 10.5. The molecule has 1 fully saturated rings. The Morgan fingerprint density at radius 2 is 1.55 bits per heavy atom. The van der Waals surface area contributed by atoms with E-state index in [1.54, 1.807) is 0 Å². The molecule has 3 nitrogen and oxygen atoms in total. The Hall–Kier alpha value is 0.170. The Labute approximate surface area is 78.7 Å². The van der Waals surface area contributed by atoms with Crippen molar-refractivity contribution in [2.75, 3.05) is 13.1 Å². The topological polar surface area (TPSA) is 69.1 Å². The summed E-state index contributed by atoms with van der Waals surface area (Å²) in [5, 5.41) is 0. The normalized spacial score (nSPS) is 19.3. The van der Waals surface area contributed by atoms with E-state index in [0.717, 1.165) is 0 Å². The Kier molecular flexibility index (Phi) is 6.16. The smallest absolute Gasteiger partial charge is 0.134 e. The summed E-state index contributed by atoms with van der Waals surface area (Å²) in [5.41, 5.74) is 10.8. The first kappa shape index (κ1) is 13.7. The van der Waals surface area contributed by atoms with Crippen molar-refractivity contribution in [1.29, 1.82) is 0 Å². The molecule has 11 heavy (non-hydrogen) atoms. The fourth-order valence-electron chi connectivity index (χ4n) is 1.16. The van der Waals surface area contributed by atoms with Gasteiger partial charge in [-0.05, 0) is 0 Å². The van der Waals surface area contributed by atoms with Crippen LogP contribution in [0.2, 0.25) is 0 Å². The van der Waals surface area contributed by atoms with Crippen LogP contribution >= 0.6 is 24.8 Å². The van der Waals surface area contributed by atoms with Crippen molar-refractivity contribution in [2.24, 2.45) is 16.9 Å². The summed E-state index contributed by atoms with van der Waals surface area (Å²) in [6.07, 6.45) is 1.19. The molecule has 4 N–H and O–H groups in total. The molecule has 0 aromatic carbocycles. The second kappa shape index (κ2) is 4.93. The zero-order valence-electron chi connectivity index (χ0n) is 6.21. The molecule has 0 heterocycles. The van der Waals surface area contributed by atoms with Crippen molar-refractivity contribution in [3.63, 3.8) is 0 Å². The number of Topliss-reactive ketones (excluding diaryl/α,β-unsaturated/α-hetero) is 1. The van der Waals surface area contributed by atoms with Gasteiger partial charge in [0, 0.05) is 31.3 Å². The predicted octanol–water partition coefficient (Wildman–Crippen LogP) is 0.0967. The Morgan fingerprint density at radius 1 is 1.18 bits per heavy atom. The third-order valence-electron chi connectivity index (χ3n) is 2.01. The van der Waals surface area contributed by atoms with Crippen molar-refractivity contribution < 1.29 is 4.79 Å². The quantitative estimate of drug-likeness (QED) is 0.665. The molecular weight excluding hydrogens is 187 g/mol. The van der Waals surface area contributed by atoms with Crippen LogP contribution in [0, 0.1) is 5.41 Å². The number of hydrogen-bond acceptors (Lipinski definition) is 3. The molecule has 68 valence electrons. The van der Waals surface area contributed by atoms with E-state index in [-0.39, 0.29) is 30.2 Å². The summed E-state index contributed by atoms with van der Waals surface area (Å²) >= 11 is 0. The Bertz CT molecular complexity index is 127. The fraction of sp³-hybridized carbons (Fsp3) is 0.833. The molecule has 5 heteroatoms. The molecule has 1 saturated carbocycles. The minimum atomic E-state index is -0.0168. The highest BCUT2D eigenvalue weighted by Crippen LogP contribution is 2.35. The summed E-state index contributed by atoms with van der Waals surface area (Å²) in [7, 11) is 0. The lowest BCUT2D eigenvalue weighted by molar-refractivity contribution is -0.131. The molecule has 0 aliphatic heterocycles. The molecule has 0 saturated heterocycles. The first-order valence-corrected chi connectivity index (χ1v) is 3.14. The average Bonchev–Trinajstić information content (AvgIpc) is 1.81. The monoisotopic (exact) mass is 200 g/mol. The first-order valence-electron chi connectivity index (χ1n) is 3.14. The number of ketones is 1. The van der Waals surface area contributed by atoms with Crippen molar-refractivity contribution >= 4 is 30.6 Å². The molecule has 0 bridgehead atoms. The van der Waals surface area contributed by atoms with Gasteiger partial charge in [0.05, 0.1) is 0 Å². The molecule has 0 amide bonds. The van der Waals surface area contributed by atoms with E-state index in [0.29, 0.717) is 31.7 Å². The van der Waals surface area contributed by atoms with Gasteiger partial charge in [-0.1, -0.05) is 0 Å². The van der Waals surface area contributed by atoms with Crippen molar-refractivity contribution in [3.8, 4) is 0 Å². The van der Waals surface area contributed by atoms with Crippen LogP contribution in [0.25, 0.3) is 0 Å². The molecule has 0 spiro atoms. The lowest BCUT2D eigenvalue weighted by Gasteiger charge is -2.37. The van der Waals surface area contributed by atoms with Crippen LogP contribution in [0.5, 0.6) is 0 Å². The third kappa shape index (κ3) is 2.60. The summed E-state index contributed by atoms with van der Waals surface area (Å²) in [6.45, 7) is 1.10. The Balaban J connectivity index is 0. The van der Waals surface area contributed by atoms with Crippen LogP contribution in [-0.4, -0.2) is 18.9 Å². The summed E-state index contributed by atoms with van der Waals surface area (Å²) < 4.78 is 0. The van der Waals surface area contributed by atoms with Gasteiger partial charge in [-0.15, -0.1) is 24.8 Å². The number of carbonyl (C=O) groups excluding carboxylic acids is 1. The van der Waals surface area contributed by atoms with E-state index >= 15 is 0 Å². The molecule has 1 aliphatic rings. The number of nitrogens with two attached hydrogens (primary N) is 2. The molecule has 1 rings (SSSR count). The first-order chi connectivity index (χ1) is 4.22. The third-order valence-corrected chi connectivity index (χ3v) is 2.01. The maximum Gasteiger partial charge on any atom is 0.134 e. The second-order valence-electron chi connectivity index (χ2n) is 2.80. The van der Waals surface area contributed by atoms with Crippen molar-refractivity contribution in [3.05, 3.63) is 0 Å². The molecule has 0 unspecified atom stereocenters. The van der Waals surface area contributed by atoms with Gasteiger partial charge in [-0.25, -0.2) is 0 Å². The summed E-state index contributed by atoms with van der Waals surface area (Å²) in [4.78, 5) is 10.5. The number of halogens is 2. The van der Waals surface area contributed by atoms with Gasteiger partial charge in [0.25, 0.3) is 0 Å². The van der Waals surface area contributed by atoms with E-state index in [9.17, 15) is 4.79 Å². The minimum Gasteiger partial charge on any atom is -0.330 e. The van der Waals surface area contributed by atoms with Crippen LogP contribution in [0.3, 0.4) is 0 Å². The molecular formula is C6H14Cl2N2O. The van der Waals surface area contributed by atoms with Gasteiger partial charge in [0.1, 0.15) is 5.78 Å². The number of carbonyl (C=O) groups is 1. The van der Waals surface area contributed by atoms with Crippen LogP contribution in [0.4, 0.5) is 0 Å². The predicted molar refractivity (Wildman–Crippen MR) is 49.3 cm³/mol. The number of hydrogen-bond donors (Lipinski definition) is 2. The van der Waals surface area contributed by atoms with Crippen LogP contribution in [0.1, 0.15) is 12.8 Å². The number of rotatable bonds is 2. The highest BCUT2D eigenvalue weighted by atomic mass is 35.5. The molecule has 1 aliphatic carbocycles.